The molecule has 1 saturated heterocycles. The van der Waals surface area contributed by atoms with Crippen LogP contribution in [0.3, 0.4) is 0 Å². The average molecular weight is 600 g/mol. The molecule has 1 aromatic carbocycles. The summed E-state index contributed by atoms with van der Waals surface area (Å²) in [6.45, 7) is 8.86. The van der Waals surface area contributed by atoms with E-state index in [0.717, 1.165) is 36.5 Å². The first kappa shape index (κ1) is 34.7. The van der Waals surface area contributed by atoms with Crippen molar-refractivity contribution < 1.29 is 18.9 Å². The summed E-state index contributed by atoms with van der Waals surface area (Å²) in [5.41, 5.74) is 6.91. The number of unbranched alkanes of at least 4 members (excludes halogenated alkanes) is 14. The average Bonchev–Trinajstić information content (AvgIpc) is 3.03. The molecule has 0 atom stereocenters. The van der Waals surface area contributed by atoms with Crippen LogP contribution in [0.15, 0.2) is 18.2 Å². The molecule has 43 heavy (non-hydrogen) atoms. The third kappa shape index (κ3) is 14.5. The molecule has 3 rings (SSSR count). The van der Waals surface area contributed by atoms with Gasteiger partial charge in [-0.25, -0.2) is 0 Å². The van der Waals surface area contributed by atoms with Crippen LogP contribution in [0.2, 0.25) is 0 Å². The minimum Gasteiger partial charge on any atom is -0.493 e. The van der Waals surface area contributed by atoms with Gasteiger partial charge in [0.15, 0.2) is 0 Å². The van der Waals surface area contributed by atoms with Crippen LogP contribution in [0.4, 0.5) is 11.9 Å². The Balaban J connectivity index is 1.52. The zero-order chi connectivity index (χ0) is 30.4. The van der Waals surface area contributed by atoms with Crippen LogP contribution >= 0.6 is 0 Å². The van der Waals surface area contributed by atoms with E-state index in [1.807, 2.05) is 23.1 Å². The van der Waals surface area contributed by atoms with Gasteiger partial charge in [-0.15, -0.1) is 0 Å². The van der Waals surface area contributed by atoms with Gasteiger partial charge in [0.2, 0.25) is 11.9 Å². The molecule has 1 aliphatic rings. The van der Waals surface area contributed by atoms with Crippen molar-refractivity contribution in [1.29, 1.82) is 0 Å². The molecule has 0 aliphatic carbocycles. The molecule has 2 heterocycles. The zero-order valence-corrected chi connectivity index (χ0v) is 27.0. The molecule has 2 N–H and O–H groups in total. The quantitative estimate of drug-likeness (QED) is 0.121. The van der Waals surface area contributed by atoms with E-state index in [-0.39, 0.29) is 18.6 Å². The second-order valence-electron chi connectivity index (χ2n) is 11.6. The predicted octanol–water partition coefficient (Wildman–Crippen LogP) is 7.91. The van der Waals surface area contributed by atoms with Crippen LogP contribution in [0.25, 0.3) is 0 Å². The van der Waals surface area contributed by atoms with E-state index in [0.29, 0.717) is 38.9 Å². The number of anilines is 2. The summed E-state index contributed by atoms with van der Waals surface area (Å²) in [7, 11) is 0. The van der Waals surface area contributed by atoms with Gasteiger partial charge in [-0.3, -0.25) is 0 Å². The van der Waals surface area contributed by atoms with Gasteiger partial charge in [-0.2, -0.15) is 15.0 Å². The number of nitrogen functional groups attached to an aromatic ring is 1. The third-order valence-electron chi connectivity index (χ3n) is 7.83. The van der Waals surface area contributed by atoms with Crippen LogP contribution in [0.5, 0.6) is 17.5 Å². The highest BCUT2D eigenvalue weighted by Gasteiger charge is 2.17. The highest BCUT2D eigenvalue weighted by molar-refractivity contribution is 5.41. The Labute approximate surface area is 260 Å². The van der Waals surface area contributed by atoms with Crippen molar-refractivity contribution in [2.75, 3.05) is 50.2 Å². The minimum absolute atomic E-state index is 0.141. The van der Waals surface area contributed by atoms with E-state index < -0.39 is 0 Å². The summed E-state index contributed by atoms with van der Waals surface area (Å²) >= 11 is 0. The van der Waals surface area contributed by atoms with Gasteiger partial charge in [-0.05, 0) is 25.0 Å². The van der Waals surface area contributed by atoms with E-state index in [1.165, 1.54) is 89.9 Å². The smallest absolute Gasteiger partial charge is 0.323 e. The lowest BCUT2D eigenvalue weighted by molar-refractivity contribution is 0.122. The first-order valence-electron chi connectivity index (χ1n) is 17.0. The highest BCUT2D eigenvalue weighted by Crippen LogP contribution is 2.27. The van der Waals surface area contributed by atoms with Crippen molar-refractivity contribution >= 4 is 11.9 Å². The monoisotopic (exact) mass is 599 g/mol. The molecule has 242 valence electrons. The molecule has 9 heteroatoms. The van der Waals surface area contributed by atoms with Gasteiger partial charge in [0.25, 0.3) is 0 Å². The predicted molar refractivity (Wildman–Crippen MR) is 174 cm³/mol. The Morgan fingerprint density at radius 2 is 1.28 bits per heavy atom. The van der Waals surface area contributed by atoms with Gasteiger partial charge >= 0.3 is 6.01 Å². The van der Waals surface area contributed by atoms with E-state index >= 15 is 0 Å². The molecule has 9 nitrogen and oxygen atoms in total. The summed E-state index contributed by atoms with van der Waals surface area (Å²) in [6.07, 6.45) is 20.4. The Morgan fingerprint density at radius 1 is 0.698 bits per heavy atom. The number of nitrogens with two attached hydrogens (primary N) is 1. The van der Waals surface area contributed by atoms with Crippen LogP contribution in [0, 0.1) is 0 Å². The Hall–Kier alpha value is -2.81. The van der Waals surface area contributed by atoms with E-state index in [4.69, 9.17) is 24.7 Å². The maximum absolute atomic E-state index is 6.29. The molecule has 0 bridgehead atoms. The maximum atomic E-state index is 6.29. The van der Waals surface area contributed by atoms with Crippen molar-refractivity contribution in [2.24, 2.45) is 0 Å². The second kappa shape index (κ2) is 21.8. The van der Waals surface area contributed by atoms with Crippen molar-refractivity contribution in [3.05, 3.63) is 23.8 Å². The number of hydrogen-bond acceptors (Lipinski definition) is 9. The lowest BCUT2D eigenvalue weighted by Crippen LogP contribution is -2.37. The lowest BCUT2D eigenvalue weighted by Gasteiger charge is -2.26. The fourth-order valence-corrected chi connectivity index (χ4v) is 5.19. The zero-order valence-electron chi connectivity index (χ0n) is 27.0. The Kier molecular flexibility index (Phi) is 17.6. The Bertz CT molecular complexity index is 1000. The molecule has 0 spiro atoms. The molecule has 1 fully saturated rings. The molecule has 2 aromatic rings. The van der Waals surface area contributed by atoms with Crippen LogP contribution < -0.4 is 24.8 Å². The van der Waals surface area contributed by atoms with Gasteiger partial charge in [0, 0.05) is 24.7 Å². The molecule has 0 saturated carbocycles. The number of morpholine rings is 1. The summed E-state index contributed by atoms with van der Waals surface area (Å²) in [5, 5.41) is 0. The fourth-order valence-electron chi connectivity index (χ4n) is 5.19. The number of ether oxygens (including phenoxy) is 4. The number of benzene rings is 1. The molecule has 0 radical (unpaired) electrons. The van der Waals surface area contributed by atoms with E-state index in [2.05, 4.69) is 28.8 Å². The summed E-state index contributed by atoms with van der Waals surface area (Å²) in [4.78, 5) is 15.0. The molecule has 0 amide bonds. The van der Waals surface area contributed by atoms with Gasteiger partial charge in [-0.1, -0.05) is 104 Å². The molecule has 0 unspecified atom stereocenters. The second-order valence-corrected chi connectivity index (χ2v) is 11.6. The third-order valence-corrected chi connectivity index (χ3v) is 7.83. The first-order valence-corrected chi connectivity index (χ1v) is 17.0. The van der Waals surface area contributed by atoms with Crippen LogP contribution in [-0.4, -0.2) is 54.5 Å². The molecule has 1 aliphatic heterocycles. The number of rotatable bonds is 24. The van der Waals surface area contributed by atoms with Crippen molar-refractivity contribution in [3.8, 4) is 17.5 Å². The summed E-state index contributed by atoms with van der Waals surface area (Å²) in [6, 6.07) is 6.21. The fraction of sp³-hybridized carbons (Fsp3) is 0.735. The largest absolute Gasteiger partial charge is 0.493 e. The Morgan fingerprint density at radius 3 is 1.91 bits per heavy atom. The first-order chi connectivity index (χ1) is 21.2. The minimum atomic E-state index is 0.141. The van der Waals surface area contributed by atoms with E-state index in [1.54, 1.807) is 0 Å². The number of nitrogens with zero attached hydrogens (tertiary/aromatic N) is 4. The SMILES string of the molecule is CCCCCCCCCCOc1ccc(COc2nc(N)nc(N3CCOCC3)n2)c(OCCCCCCCCCC)c1. The summed E-state index contributed by atoms with van der Waals surface area (Å²) in [5.74, 6) is 2.27. The maximum Gasteiger partial charge on any atom is 0.323 e. The summed E-state index contributed by atoms with van der Waals surface area (Å²) < 4.78 is 23.9. The lowest BCUT2D eigenvalue weighted by atomic mass is 10.1. The molecule has 1 aromatic heterocycles. The van der Waals surface area contributed by atoms with Gasteiger partial charge in [0.1, 0.15) is 18.1 Å². The van der Waals surface area contributed by atoms with Crippen LogP contribution in [-0.2, 0) is 11.3 Å². The molecular weight excluding hydrogens is 542 g/mol. The highest BCUT2D eigenvalue weighted by atomic mass is 16.5. The van der Waals surface area contributed by atoms with Crippen molar-refractivity contribution in [1.82, 2.24) is 15.0 Å². The topological polar surface area (TPSA) is 105 Å². The van der Waals surface area contributed by atoms with Crippen LogP contribution in [0.1, 0.15) is 122 Å². The van der Waals surface area contributed by atoms with E-state index in [9.17, 15) is 0 Å². The van der Waals surface area contributed by atoms with Crippen molar-refractivity contribution in [2.45, 2.75) is 123 Å². The number of hydrogen-bond donors (Lipinski definition) is 1. The van der Waals surface area contributed by atoms with Crippen molar-refractivity contribution in [3.63, 3.8) is 0 Å². The normalized spacial score (nSPS) is 13.3. The number of aromatic nitrogens is 3. The van der Waals surface area contributed by atoms with Gasteiger partial charge in [0.05, 0.1) is 26.4 Å². The standard InChI is InChI=1S/C34H57N5O4/c1-3-5-7-9-11-13-15-17-23-41-30-20-19-29(31(27-30)42-24-18-16-14-12-10-8-6-4-2)28-43-34-37-32(35)36-33(38-34)39-21-25-40-26-22-39/h19-20,27H,3-18,21-26,28H2,1-2H3,(H2,35,36,37,38). The van der Waals surface area contributed by atoms with Gasteiger partial charge < -0.3 is 29.6 Å². The molecular formula is C34H57N5O4.